The first-order valence-electron chi connectivity index (χ1n) is 7.24. The van der Waals surface area contributed by atoms with Gasteiger partial charge in [0.15, 0.2) is 0 Å². The van der Waals surface area contributed by atoms with E-state index in [0.29, 0.717) is 11.6 Å². The molecular weight excluding hydrogens is 332 g/mol. The van der Waals surface area contributed by atoms with Crippen molar-refractivity contribution in [2.24, 2.45) is 0 Å². The standard InChI is InChI=1S/C17H19ClN2O2S/c1-12(21)19-15(16-4-3-9-23-16)10-17(22)20(2)11-13-5-7-14(18)8-6-13/h3-9,15H,10-11H2,1-2H3,(H,19,21)/t15-/m1/s1. The zero-order chi connectivity index (χ0) is 16.8. The lowest BCUT2D eigenvalue weighted by Gasteiger charge is -2.22. The third-order valence-corrected chi connectivity index (χ3v) is 4.64. The van der Waals surface area contributed by atoms with Gasteiger partial charge in [0.05, 0.1) is 12.5 Å². The van der Waals surface area contributed by atoms with Crippen LogP contribution in [-0.2, 0) is 16.1 Å². The minimum Gasteiger partial charge on any atom is -0.348 e. The van der Waals surface area contributed by atoms with Crippen molar-refractivity contribution in [3.8, 4) is 0 Å². The molecule has 2 aromatic rings. The maximum absolute atomic E-state index is 12.5. The summed E-state index contributed by atoms with van der Waals surface area (Å²) in [4.78, 5) is 26.5. The number of nitrogens with zero attached hydrogens (tertiary/aromatic N) is 1. The van der Waals surface area contributed by atoms with Crippen molar-refractivity contribution in [3.63, 3.8) is 0 Å². The predicted molar refractivity (Wildman–Crippen MR) is 93.4 cm³/mol. The highest BCUT2D eigenvalue weighted by molar-refractivity contribution is 7.10. The Labute approximate surface area is 145 Å². The number of carbonyl (C=O) groups is 2. The van der Waals surface area contributed by atoms with Gasteiger partial charge < -0.3 is 10.2 Å². The van der Waals surface area contributed by atoms with E-state index in [0.717, 1.165) is 10.4 Å². The average Bonchev–Trinajstić information content (AvgIpc) is 3.02. The van der Waals surface area contributed by atoms with Crippen LogP contribution in [-0.4, -0.2) is 23.8 Å². The molecule has 4 nitrogen and oxygen atoms in total. The van der Waals surface area contributed by atoms with Crippen molar-refractivity contribution in [2.75, 3.05) is 7.05 Å². The van der Waals surface area contributed by atoms with E-state index in [9.17, 15) is 9.59 Å². The quantitative estimate of drug-likeness (QED) is 0.864. The van der Waals surface area contributed by atoms with E-state index in [4.69, 9.17) is 11.6 Å². The van der Waals surface area contributed by atoms with Crippen LogP contribution in [0.25, 0.3) is 0 Å². The van der Waals surface area contributed by atoms with E-state index in [1.807, 2.05) is 29.6 Å². The SMILES string of the molecule is CC(=O)N[C@H](CC(=O)N(C)Cc1ccc(Cl)cc1)c1cccs1. The van der Waals surface area contributed by atoms with E-state index in [1.54, 1.807) is 24.1 Å². The zero-order valence-corrected chi connectivity index (χ0v) is 14.7. The molecule has 122 valence electrons. The fraction of sp³-hybridized carbons (Fsp3) is 0.294. The van der Waals surface area contributed by atoms with Gasteiger partial charge in [0.2, 0.25) is 11.8 Å². The van der Waals surface area contributed by atoms with Crippen molar-refractivity contribution < 1.29 is 9.59 Å². The number of halogens is 1. The van der Waals surface area contributed by atoms with E-state index in [-0.39, 0.29) is 24.3 Å². The Morgan fingerprint density at radius 3 is 2.52 bits per heavy atom. The minimum absolute atomic E-state index is 0.0212. The minimum atomic E-state index is -0.285. The number of hydrogen-bond donors (Lipinski definition) is 1. The van der Waals surface area contributed by atoms with Crippen molar-refractivity contribution in [2.45, 2.75) is 25.9 Å². The molecule has 1 heterocycles. The third kappa shape index (κ3) is 5.37. The van der Waals surface area contributed by atoms with Crippen molar-refractivity contribution >= 4 is 34.8 Å². The van der Waals surface area contributed by atoms with Gasteiger partial charge >= 0.3 is 0 Å². The number of amides is 2. The molecule has 1 aromatic carbocycles. The van der Waals surface area contributed by atoms with Gasteiger partial charge in [-0.1, -0.05) is 29.8 Å². The summed E-state index contributed by atoms with van der Waals surface area (Å²) in [7, 11) is 1.76. The third-order valence-electron chi connectivity index (χ3n) is 3.40. The number of carbonyl (C=O) groups excluding carboxylic acids is 2. The smallest absolute Gasteiger partial charge is 0.225 e. The molecule has 2 amide bonds. The molecule has 1 aromatic heterocycles. The molecule has 0 radical (unpaired) electrons. The van der Waals surface area contributed by atoms with Gasteiger partial charge in [-0.25, -0.2) is 0 Å². The van der Waals surface area contributed by atoms with Gasteiger partial charge in [-0.05, 0) is 29.1 Å². The summed E-state index contributed by atoms with van der Waals surface area (Å²) in [6.07, 6.45) is 0.240. The van der Waals surface area contributed by atoms with Crippen LogP contribution in [0.4, 0.5) is 0 Å². The lowest BCUT2D eigenvalue weighted by atomic mass is 10.1. The van der Waals surface area contributed by atoms with E-state index < -0.39 is 0 Å². The highest BCUT2D eigenvalue weighted by Gasteiger charge is 2.20. The summed E-state index contributed by atoms with van der Waals surface area (Å²) in [6, 6.07) is 11.0. The molecule has 0 fully saturated rings. The van der Waals surface area contributed by atoms with Crippen LogP contribution < -0.4 is 5.32 Å². The topological polar surface area (TPSA) is 49.4 Å². The maximum atomic E-state index is 12.5. The average molecular weight is 351 g/mol. The van der Waals surface area contributed by atoms with Crippen LogP contribution in [0.1, 0.15) is 29.8 Å². The highest BCUT2D eigenvalue weighted by atomic mass is 35.5. The van der Waals surface area contributed by atoms with Gasteiger partial charge in [-0.2, -0.15) is 0 Å². The number of hydrogen-bond acceptors (Lipinski definition) is 3. The number of nitrogens with one attached hydrogen (secondary N) is 1. The predicted octanol–water partition coefficient (Wildman–Crippen LogP) is 3.63. The fourth-order valence-electron chi connectivity index (χ4n) is 2.24. The molecule has 0 saturated carbocycles. The molecule has 0 aliphatic carbocycles. The summed E-state index contributed by atoms with van der Waals surface area (Å²) in [5, 5.41) is 5.45. The van der Waals surface area contributed by atoms with Crippen LogP contribution in [0.15, 0.2) is 41.8 Å². The molecule has 0 aliphatic rings. The van der Waals surface area contributed by atoms with Crippen LogP contribution in [0.3, 0.4) is 0 Å². The first kappa shape index (κ1) is 17.5. The summed E-state index contributed by atoms with van der Waals surface area (Å²) in [5.74, 6) is -0.163. The second kappa shape index (κ2) is 8.13. The Morgan fingerprint density at radius 1 is 1.26 bits per heavy atom. The summed E-state index contributed by atoms with van der Waals surface area (Å²) in [5.41, 5.74) is 1.01. The van der Waals surface area contributed by atoms with Gasteiger partial charge in [-0.15, -0.1) is 11.3 Å². The fourth-order valence-corrected chi connectivity index (χ4v) is 3.14. The van der Waals surface area contributed by atoms with Gasteiger partial charge in [0.25, 0.3) is 0 Å². The Balaban J connectivity index is 1.99. The first-order chi connectivity index (χ1) is 11.0. The zero-order valence-electron chi connectivity index (χ0n) is 13.1. The number of rotatable bonds is 6. The Morgan fingerprint density at radius 2 is 1.96 bits per heavy atom. The Hall–Kier alpha value is -1.85. The van der Waals surface area contributed by atoms with Gasteiger partial charge in [-0.3, -0.25) is 9.59 Å². The molecule has 1 N–H and O–H groups in total. The van der Waals surface area contributed by atoms with E-state index >= 15 is 0 Å². The van der Waals surface area contributed by atoms with Gasteiger partial charge in [0, 0.05) is 30.4 Å². The lowest BCUT2D eigenvalue weighted by molar-refractivity contribution is -0.131. The van der Waals surface area contributed by atoms with E-state index in [1.165, 1.54) is 18.3 Å². The molecule has 0 spiro atoms. The second-order valence-corrected chi connectivity index (χ2v) is 6.76. The first-order valence-corrected chi connectivity index (χ1v) is 8.50. The Kier molecular flexibility index (Phi) is 6.19. The molecular formula is C17H19ClN2O2S. The van der Waals surface area contributed by atoms with Crippen molar-refractivity contribution in [3.05, 3.63) is 57.2 Å². The van der Waals surface area contributed by atoms with E-state index in [2.05, 4.69) is 5.32 Å². The summed E-state index contributed by atoms with van der Waals surface area (Å²) in [6.45, 7) is 1.97. The maximum Gasteiger partial charge on any atom is 0.225 e. The molecule has 1 atom stereocenters. The summed E-state index contributed by atoms with van der Waals surface area (Å²) >= 11 is 7.40. The van der Waals surface area contributed by atoms with Gasteiger partial charge in [0.1, 0.15) is 0 Å². The Bertz CT molecular complexity index is 656. The van der Waals surface area contributed by atoms with Crippen LogP contribution >= 0.6 is 22.9 Å². The van der Waals surface area contributed by atoms with Crippen LogP contribution in [0.5, 0.6) is 0 Å². The molecule has 0 aliphatic heterocycles. The second-order valence-electron chi connectivity index (χ2n) is 5.35. The highest BCUT2D eigenvalue weighted by Crippen LogP contribution is 2.23. The molecule has 0 bridgehead atoms. The lowest BCUT2D eigenvalue weighted by Crippen LogP contribution is -2.33. The van der Waals surface area contributed by atoms with Crippen LogP contribution in [0.2, 0.25) is 5.02 Å². The number of thiophene rings is 1. The van der Waals surface area contributed by atoms with Crippen molar-refractivity contribution in [1.82, 2.24) is 10.2 Å². The largest absolute Gasteiger partial charge is 0.348 e. The molecule has 0 unspecified atom stereocenters. The molecule has 0 saturated heterocycles. The molecule has 23 heavy (non-hydrogen) atoms. The summed E-state index contributed by atoms with van der Waals surface area (Å²) < 4.78 is 0. The number of benzene rings is 1. The molecule has 2 rings (SSSR count). The van der Waals surface area contributed by atoms with Crippen molar-refractivity contribution in [1.29, 1.82) is 0 Å². The van der Waals surface area contributed by atoms with Crippen LogP contribution in [0, 0.1) is 0 Å². The molecule has 6 heteroatoms. The normalized spacial score (nSPS) is 11.8. The monoisotopic (exact) mass is 350 g/mol.